The Kier molecular flexibility index (Phi) is 3.79. The Hall–Kier alpha value is -0.940. The Morgan fingerprint density at radius 3 is 2.76 bits per heavy atom. The number of carbonyl (C=O) groups is 1. The van der Waals surface area contributed by atoms with Crippen molar-refractivity contribution in [2.45, 2.75) is 51.7 Å². The molecule has 2 N–H and O–H groups in total. The van der Waals surface area contributed by atoms with Gasteiger partial charge in [0.1, 0.15) is 10.7 Å². The lowest BCUT2D eigenvalue weighted by molar-refractivity contribution is 0.0484. The summed E-state index contributed by atoms with van der Waals surface area (Å²) < 4.78 is 0. The van der Waals surface area contributed by atoms with Gasteiger partial charge in [-0.05, 0) is 33.1 Å². The number of amides is 1. The zero-order chi connectivity index (χ0) is 12.4. The van der Waals surface area contributed by atoms with E-state index in [0.717, 1.165) is 17.8 Å². The topological polar surface area (TPSA) is 59.2 Å². The maximum Gasteiger partial charge on any atom is 0.273 e. The van der Waals surface area contributed by atoms with E-state index >= 15 is 0 Å². The lowest BCUT2D eigenvalue weighted by atomic mass is 9.90. The smallest absolute Gasteiger partial charge is 0.273 e. The lowest BCUT2D eigenvalue weighted by Gasteiger charge is -2.40. The van der Waals surface area contributed by atoms with Gasteiger partial charge in [-0.2, -0.15) is 0 Å². The van der Waals surface area contributed by atoms with Gasteiger partial charge in [0.15, 0.2) is 0 Å². The highest BCUT2D eigenvalue weighted by atomic mass is 32.1. The van der Waals surface area contributed by atoms with E-state index in [1.807, 2.05) is 10.3 Å². The molecule has 17 heavy (non-hydrogen) atoms. The first-order valence-electron chi connectivity index (χ1n) is 6.10. The average Bonchev–Trinajstić information content (AvgIpc) is 2.70. The van der Waals surface area contributed by atoms with Crippen molar-refractivity contribution in [2.75, 3.05) is 0 Å². The van der Waals surface area contributed by atoms with Crippen LogP contribution in [0.3, 0.4) is 0 Å². The minimum atomic E-state index is 0.0562. The number of rotatable bonds is 4. The number of carbonyl (C=O) groups excluding carboxylic acids is 1. The number of thiazole rings is 1. The summed E-state index contributed by atoms with van der Waals surface area (Å²) in [5, 5.41) is 2.64. The molecule has 1 aliphatic carbocycles. The number of nitrogens with two attached hydrogens (primary N) is 1. The van der Waals surface area contributed by atoms with Crippen LogP contribution in [0.15, 0.2) is 5.38 Å². The van der Waals surface area contributed by atoms with E-state index in [0.29, 0.717) is 18.3 Å². The zero-order valence-electron chi connectivity index (χ0n) is 10.3. The Bertz CT molecular complexity index is 398. The van der Waals surface area contributed by atoms with Crippen molar-refractivity contribution >= 4 is 17.2 Å². The molecule has 4 nitrogen and oxygen atoms in total. The molecule has 0 radical (unpaired) electrons. The molecule has 5 heteroatoms. The molecule has 0 bridgehead atoms. The van der Waals surface area contributed by atoms with Crippen LogP contribution in [-0.2, 0) is 6.54 Å². The van der Waals surface area contributed by atoms with Gasteiger partial charge in [0.25, 0.3) is 5.91 Å². The first-order valence-corrected chi connectivity index (χ1v) is 6.98. The standard InChI is InChI=1S/C12H19N3OS/c1-8(2)15(9-4-3-5-9)12(16)10-7-17-11(6-13)14-10/h7-9H,3-6,13H2,1-2H3. The molecule has 1 saturated carbocycles. The summed E-state index contributed by atoms with van der Waals surface area (Å²) in [6.07, 6.45) is 3.47. The summed E-state index contributed by atoms with van der Waals surface area (Å²) in [6.45, 7) is 4.53. The lowest BCUT2D eigenvalue weighted by Crippen LogP contribution is -2.48. The first-order chi connectivity index (χ1) is 8.13. The number of hydrogen-bond donors (Lipinski definition) is 1. The molecule has 0 aromatic carbocycles. The third-order valence-electron chi connectivity index (χ3n) is 3.20. The zero-order valence-corrected chi connectivity index (χ0v) is 11.2. The van der Waals surface area contributed by atoms with Crippen LogP contribution in [0.5, 0.6) is 0 Å². The van der Waals surface area contributed by atoms with Crippen LogP contribution in [0.4, 0.5) is 0 Å². The minimum absolute atomic E-state index is 0.0562. The van der Waals surface area contributed by atoms with E-state index in [1.165, 1.54) is 17.8 Å². The van der Waals surface area contributed by atoms with E-state index in [2.05, 4.69) is 18.8 Å². The van der Waals surface area contributed by atoms with Crippen LogP contribution in [-0.4, -0.2) is 27.9 Å². The molecule has 1 aromatic heterocycles. The fourth-order valence-electron chi connectivity index (χ4n) is 2.12. The molecule has 94 valence electrons. The molecule has 2 rings (SSSR count). The Morgan fingerprint density at radius 2 is 2.35 bits per heavy atom. The van der Waals surface area contributed by atoms with E-state index in [4.69, 9.17) is 5.73 Å². The van der Waals surface area contributed by atoms with Gasteiger partial charge in [-0.1, -0.05) is 0 Å². The van der Waals surface area contributed by atoms with Crippen molar-refractivity contribution < 1.29 is 4.79 Å². The van der Waals surface area contributed by atoms with Gasteiger partial charge >= 0.3 is 0 Å². The second kappa shape index (κ2) is 5.14. The fourth-order valence-corrected chi connectivity index (χ4v) is 2.77. The van der Waals surface area contributed by atoms with Crippen molar-refractivity contribution in [3.05, 3.63) is 16.1 Å². The highest BCUT2D eigenvalue weighted by Gasteiger charge is 2.32. The Morgan fingerprint density at radius 1 is 1.65 bits per heavy atom. The Balaban J connectivity index is 2.15. The van der Waals surface area contributed by atoms with Crippen molar-refractivity contribution in [3.8, 4) is 0 Å². The van der Waals surface area contributed by atoms with E-state index in [1.54, 1.807) is 0 Å². The van der Waals surface area contributed by atoms with Gasteiger partial charge < -0.3 is 10.6 Å². The van der Waals surface area contributed by atoms with Crippen molar-refractivity contribution in [2.24, 2.45) is 5.73 Å². The molecular formula is C12H19N3OS. The van der Waals surface area contributed by atoms with Crippen LogP contribution in [0.25, 0.3) is 0 Å². The van der Waals surface area contributed by atoms with Gasteiger partial charge in [-0.3, -0.25) is 4.79 Å². The normalized spacial score (nSPS) is 16.0. The highest BCUT2D eigenvalue weighted by Crippen LogP contribution is 2.28. The van der Waals surface area contributed by atoms with Crippen molar-refractivity contribution in [3.63, 3.8) is 0 Å². The SMILES string of the molecule is CC(C)N(C(=O)c1csc(CN)n1)C1CCC1. The highest BCUT2D eigenvalue weighted by molar-refractivity contribution is 7.09. The Labute approximate surface area is 106 Å². The quantitative estimate of drug-likeness (QED) is 0.893. The fraction of sp³-hybridized carbons (Fsp3) is 0.667. The van der Waals surface area contributed by atoms with Gasteiger partial charge in [-0.25, -0.2) is 4.98 Å². The largest absolute Gasteiger partial charge is 0.332 e. The predicted molar refractivity (Wildman–Crippen MR) is 68.9 cm³/mol. The third kappa shape index (κ3) is 2.50. The molecule has 0 saturated heterocycles. The molecule has 0 spiro atoms. The van der Waals surface area contributed by atoms with Gasteiger partial charge in [-0.15, -0.1) is 11.3 Å². The summed E-state index contributed by atoms with van der Waals surface area (Å²) in [6, 6.07) is 0.640. The predicted octanol–water partition coefficient (Wildman–Crippen LogP) is 2.00. The van der Waals surface area contributed by atoms with Crippen LogP contribution in [0.2, 0.25) is 0 Å². The second-order valence-corrected chi connectivity index (χ2v) is 5.66. The summed E-state index contributed by atoms with van der Waals surface area (Å²) in [7, 11) is 0. The monoisotopic (exact) mass is 253 g/mol. The number of nitrogens with zero attached hydrogens (tertiary/aromatic N) is 2. The van der Waals surface area contributed by atoms with Crippen LogP contribution in [0, 0.1) is 0 Å². The molecule has 1 fully saturated rings. The summed E-state index contributed by atoms with van der Waals surface area (Å²) in [4.78, 5) is 18.6. The molecule has 1 amide bonds. The molecule has 0 unspecified atom stereocenters. The third-order valence-corrected chi connectivity index (χ3v) is 4.08. The molecular weight excluding hydrogens is 234 g/mol. The molecule has 1 aliphatic rings. The minimum Gasteiger partial charge on any atom is -0.332 e. The molecule has 1 aromatic rings. The maximum absolute atomic E-state index is 12.4. The first kappa shape index (κ1) is 12.5. The van der Waals surface area contributed by atoms with Gasteiger partial charge in [0.2, 0.25) is 0 Å². The van der Waals surface area contributed by atoms with E-state index < -0.39 is 0 Å². The number of aromatic nitrogens is 1. The molecule has 0 aliphatic heterocycles. The van der Waals surface area contributed by atoms with Gasteiger partial charge in [0.05, 0.1) is 0 Å². The van der Waals surface area contributed by atoms with Crippen molar-refractivity contribution in [1.82, 2.24) is 9.88 Å². The average molecular weight is 253 g/mol. The van der Waals surface area contributed by atoms with E-state index in [9.17, 15) is 4.79 Å². The summed E-state index contributed by atoms with van der Waals surface area (Å²) in [5.41, 5.74) is 6.07. The van der Waals surface area contributed by atoms with E-state index in [-0.39, 0.29) is 11.9 Å². The molecule has 1 heterocycles. The maximum atomic E-state index is 12.4. The van der Waals surface area contributed by atoms with Crippen LogP contribution < -0.4 is 5.73 Å². The summed E-state index contributed by atoms with van der Waals surface area (Å²) in [5.74, 6) is 0.0562. The van der Waals surface area contributed by atoms with Gasteiger partial charge in [0, 0.05) is 24.0 Å². The number of hydrogen-bond acceptors (Lipinski definition) is 4. The van der Waals surface area contributed by atoms with Crippen LogP contribution in [0.1, 0.15) is 48.6 Å². The molecule has 0 atom stereocenters. The van der Waals surface area contributed by atoms with Crippen molar-refractivity contribution in [1.29, 1.82) is 0 Å². The second-order valence-electron chi connectivity index (χ2n) is 4.72. The van der Waals surface area contributed by atoms with Crippen LogP contribution >= 0.6 is 11.3 Å². The summed E-state index contributed by atoms with van der Waals surface area (Å²) >= 11 is 1.46.